The van der Waals surface area contributed by atoms with Crippen LogP contribution in [0.2, 0.25) is 0 Å². The van der Waals surface area contributed by atoms with Crippen molar-refractivity contribution in [2.24, 2.45) is 0 Å². The molecule has 0 spiro atoms. The molecule has 0 fully saturated rings. The smallest absolute Gasteiger partial charge is 0.246 e. The van der Waals surface area contributed by atoms with E-state index in [9.17, 15) is 8.42 Å². The van der Waals surface area contributed by atoms with Crippen molar-refractivity contribution in [1.29, 1.82) is 0 Å². The highest BCUT2D eigenvalue weighted by Crippen LogP contribution is 2.30. The summed E-state index contributed by atoms with van der Waals surface area (Å²) in [6, 6.07) is 10.7. The number of sulfonamides is 1. The Morgan fingerprint density at radius 3 is 2.32 bits per heavy atom. The van der Waals surface area contributed by atoms with Gasteiger partial charge in [-0.3, -0.25) is 0 Å². The second kappa shape index (κ2) is 10.1. The number of methoxy groups -OCH3 is 2. The molecule has 0 saturated carbocycles. The first kappa shape index (κ1) is 22.5. The van der Waals surface area contributed by atoms with Gasteiger partial charge in [0.25, 0.3) is 0 Å². The van der Waals surface area contributed by atoms with Gasteiger partial charge in [0.05, 0.1) is 20.8 Å². The Morgan fingerprint density at radius 2 is 1.68 bits per heavy atom. The SMILES string of the molecule is CCOc1ccc(Br)cc1S(=O)(=O)N(C)CCCc1ccc(OC)c(OC)c1. The molecular weight excluding hydrogens is 446 g/mol. The molecule has 0 heterocycles. The fourth-order valence-corrected chi connectivity index (χ4v) is 4.66. The summed E-state index contributed by atoms with van der Waals surface area (Å²) in [6.45, 7) is 2.60. The lowest BCUT2D eigenvalue weighted by molar-refractivity contribution is 0.329. The monoisotopic (exact) mass is 471 g/mol. The summed E-state index contributed by atoms with van der Waals surface area (Å²) >= 11 is 3.34. The van der Waals surface area contributed by atoms with Crippen LogP contribution in [0.4, 0.5) is 0 Å². The van der Waals surface area contributed by atoms with Crippen LogP contribution in [0.5, 0.6) is 17.2 Å². The molecule has 0 aliphatic rings. The first-order valence-electron chi connectivity index (χ1n) is 8.93. The molecule has 0 N–H and O–H groups in total. The van der Waals surface area contributed by atoms with Gasteiger partial charge < -0.3 is 14.2 Å². The van der Waals surface area contributed by atoms with Crippen LogP contribution in [0.15, 0.2) is 45.8 Å². The zero-order chi connectivity index (χ0) is 20.7. The van der Waals surface area contributed by atoms with Gasteiger partial charge in [-0.25, -0.2) is 12.7 Å². The molecule has 0 unspecified atom stereocenters. The molecular formula is C20H26BrNO5S. The fourth-order valence-electron chi connectivity index (χ4n) is 2.79. The minimum atomic E-state index is -3.66. The second-order valence-corrected chi connectivity index (χ2v) is 9.07. The van der Waals surface area contributed by atoms with E-state index >= 15 is 0 Å². The molecule has 2 aromatic carbocycles. The summed E-state index contributed by atoms with van der Waals surface area (Å²) in [4.78, 5) is 0.164. The second-order valence-electron chi connectivity index (χ2n) is 6.14. The van der Waals surface area contributed by atoms with Crippen LogP contribution in [0, 0.1) is 0 Å². The van der Waals surface area contributed by atoms with Crippen LogP contribution in [0.25, 0.3) is 0 Å². The molecule has 0 aliphatic carbocycles. The van der Waals surface area contributed by atoms with E-state index in [-0.39, 0.29) is 4.90 Å². The van der Waals surface area contributed by atoms with Crippen molar-refractivity contribution >= 4 is 26.0 Å². The molecule has 2 rings (SSSR count). The lowest BCUT2D eigenvalue weighted by Crippen LogP contribution is -2.28. The molecule has 6 nitrogen and oxygen atoms in total. The normalized spacial score (nSPS) is 11.5. The third kappa shape index (κ3) is 5.40. The Kier molecular flexibility index (Phi) is 8.15. The number of aryl methyl sites for hydroxylation is 1. The average molecular weight is 472 g/mol. The van der Waals surface area contributed by atoms with Crippen LogP contribution < -0.4 is 14.2 Å². The maximum atomic E-state index is 13.0. The first-order chi connectivity index (χ1) is 13.3. The van der Waals surface area contributed by atoms with Crippen LogP contribution in [0.3, 0.4) is 0 Å². The predicted molar refractivity (Wildman–Crippen MR) is 113 cm³/mol. The molecule has 8 heteroatoms. The zero-order valence-corrected chi connectivity index (χ0v) is 19.0. The summed E-state index contributed by atoms with van der Waals surface area (Å²) in [5.74, 6) is 1.69. The standard InChI is InChI=1S/C20H26BrNO5S/c1-5-27-18-11-9-16(21)14-20(18)28(23,24)22(2)12-6-7-15-8-10-17(25-3)19(13-15)26-4/h8-11,13-14H,5-7,12H2,1-4H3. The van der Waals surface area contributed by atoms with Crippen molar-refractivity contribution in [1.82, 2.24) is 4.31 Å². The van der Waals surface area contributed by atoms with E-state index < -0.39 is 10.0 Å². The van der Waals surface area contributed by atoms with Crippen molar-refractivity contribution in [2.45, 2.75) is 24.7 Å². The highest BCUT2D eigenvalue weighted by atomic mass is 79.9. The number of hydrogen-bond acceptors (Lipinski definition) is 5. The van der Waals surface area contributed by atoms with Crippen molar-refractivity contribution in [3.63, 3.8) is 0 Å². The van der Waals surface area contributed by atoms with Gasteiger partial charge >= 0.3 is 0 Å². The fraction of sp³-hybridized carbons (Fsp3) is 0.400. The lowest BCUT2D eigenvalue weighted by Gasteiger charge is -2.19. The molecule has 0 saturated heterocycles. The summed E-state index contributed by atoms with van der Waals surface area (Å²) in [5.41, 5.74) is 1.06. The number of benzene rings is 2. The summed E-state index contributed by atoms with van der Waals surface area (Å²) in [6.07, 6.45) is 1.39. The maximum Gasteiger partial charge on any atom is 0.246 e. The van der Waals surface area contributed by atoms with Crippen LogP contribution in [-0.4, -0.2) is 47.1 Å². The number of ether oxygens (including phenoxy) is 3. The molecule has 28 heavy (non-hydrogen) atoms. The van der Waals surface area contributed by atoms with E-state index in [1.54, 1.807) is 39.5 Å². The minimum Gasteiger partial charge on any atom is -0.493 e. The maximum absolute atomic E-state index is 13.0. The first-order valence-corrected chi connectivity index (χ1v) is 11.2. The van der Waals surface area contributed by atoms with Crippen LogP contribution in [0.1, 0.15) is 18.9 Å². The van der Waals surface area contributed by atoms with Crippen molar-refractivity contribution < 1.29 is 22.6 Å². The Labute approximate surface area is 175 Å². The quantitative estimate of drug-likeness (QED) is 0.521. The van der Waals surface area contributed by atoms with E-state index in [1.807, 2.05) is 25.1 Å². The minimum absolute atomic E-state index is 0.164. The Bertz CT molecular complexity index is 901. The molecule has 0 bridgehead atoms. The van der Waals surface area contributed by atoms with Crippen LogP contribution in [-0.2, 0) is 16.4 Å². The molecule has 0 atom stereocenters. The largest absolute Gasteiger partial charge is 0.493 e. The Hall–Kier alpha value is -1.77. The van der Waals surface area contributed by atoms with E-state index in [0.29, 0.717) is 41.3 Å². The van der Waals surface area contributed by atoms with Gasteiger partial charge in [-0.2, -0.15) is 0 Å². The highest BCUT2D eigenvalue weighted by molar-refractivity contribution is 9.10. The molecule has 0 aliphatic heterocycles. The molecule has 154 valence electrons. The number of hydrogen-bond donors (Lipinski definition) is 0. The van der Waals surface area contributed by atoms with Gasteiger partial charge in [-0.1, -0.05) is 22.0 Å². The summed E-state index contributed by atoms with van der Waals surface area (Å²) < 4.78 is 44.1. The van der Waals surface area contributed by atoms with Gasteiger partial charge in [0.1, 0.15) is 10.6 Å². The van der Waals surface area contributed by atoms with Gasteiger partial charge in [0.15, 0.2) is 11.5 Å². The number of rotatable bonds is 10. The third-order valence-electron chi connectivity index (χ3n) is 4.28. The van der Waals surface area contributed by atoms with Crippen molar-refractivity contribution in [2.75, 3.05) is 34.4 Å². The van der Waals surface area contributed by atoms with E-state index in [0.717, 1.165) is 12.0 Å². The topological polar surface area (TPSA) is 65.1 Å². The van der Waals surface area contributed by atoms with Gasteiger partial charge in [-0.15, -0.1) is 0 Å². The average Bonchev–Trinajstić information content (AvgIpc) is 2.69. The van der Waals surface area contributed by atoms with Crippen molar-refractivity contribution in [3.05, 3.63) is 46.4 Å². The third-order valence-corrected chi connectivity index (χ3v) is 6.65. The molecule has 2 aromatic rings. The predicted octanol–water partition coefficient (Wildman–Crippen LogP) is 4.12. The van der Waals surface area contributed by atoms with Gasteiger partial charge in [-0.05, 0) is 55.7 Å². The number of nitrogens with zero attached hydrogens (tertiary/aromatic N) is 1. The zero-order valence-electron chi connectivity index (χ0n) is 16.6. The van der Waals surface area contributed by atoms with E-state index in [4.69, 9.17) is 14.2 Å². The summed E-state index contributed by atoms with van der Waals surface area (Å²) in [5, 5.41) is 0. The molecule has 0 radical (unpaired) electrons. The van der Waals surface area contributed by atoms with E-state index in [2.05, 4.69) is 15.9 Å². The molecule has 0 aromatic heterocycles. The Morgan fingerprint density at radius 1 is 1.00 bits per heavy atom. The summed E-state index contributed by atoms with van der Waals surface area (Å²) in [7, 11) is 1.11. The number of halogens is 1. The van der Waals surface area contributed by atoms with Crippen LogP contribution >= 0.6 is 15.9 Å². The highest BCUT2D eigenvalue weighted by Gasteiger charge is 2.25. The lowest BCUT2D eigenvalue weighted by atomic mass is 10.1. The van der Waals surface area contributed by atoms with Gasteiger partial charge in [0.2, 0.25) is 10.0 Å². The van der Waals surface area contributed by atoms with Gasteiger partial charge in [0, 0.05) is 18.1 Å². The Balaban J connectivity index is 2.08. The van der Waals surface area contributed by atoms with Crippen molar-refractivity contribution in [3.8, 4) is 17.2 Å². The van der Waals surface area contributed by atoms with E-state index in [1.165, 1.54) is 4.31 Å². The molecule has 0 amide bonds.